The lowest BCUT2D eigenvalue weighted by Crippen LogP contribution is -2.24. The summed E-state index contributed by atoms with van der Waals surface area (Å²) in [5.74, 6) is -0.504. The number of benzene rings is 4. The van der Waals surface area contributed by atoms with Gasteiger partial charge in [0.2, 0.25) is 0 Å². The van der Waals surface area contributed by atoms with Gasteiger partial charge in [-0.15, -0.1) is 0 Å². The topological polar surface area (TPSA) is 55.8 Å². The zero-order valence-electron chi connectivity index (χ0n) is 20.1. The highest BCUT2D eigenvalue weighted by molar-refractivity contribution is 5.96. The molecule has 36 heavy (non-hydrogen) atoms. The number of rotatable bonds is 4. The predicted molar refractivity (Wildman–Crippen MR) is 137 cm³/mol. The Morgan fingerprint density at radius 3 is 2.08 bits per heavy atom. The Balaban J connectivity index is 1.50. The molecule has 6 rings (SSSR count). The third-order valence-corrected chi connectivity index (χ3v) is 7.33. The van der Waals surface area contributed by atoms with Crippen molar-refractivity contribution in [3.05, 3.63) is 119 Å². The summed E-state index contributed by atoms with van der Waals surface area (Å²) in [6.45, 7) is 2.21. The smallest absolute Gasteiger partial charge is 0.343 e. The molecule has 4 aromatic rings. The second kappa shape index (κ2) is 8.77. The van der Waals surface area contributed by atoms with Gasteiger partial charge < -0.3 is 9.47 Å². The lowest BCUT2D eigenvalue weighted by atomic mass is 9.81. The van der Waals surface area contributed by atoms with Crippen LogP contribution in [0.2, 0.25) is 0 Å². The van der Waals surface area contributed by atoms with Crippen molar-refractivity contribution in [1.82, 2.24) is 4.90 Å². The standard InChI is InChI=1S/C31H25NO4/c1-19-23-14-9-15-24-27-22(18-25(28(23)24)32(19)2)16-17-26(35-30(33)20-10-5-3-6-11-20)29(27)36-31(34)21-12-7-4-8-13-21/h3-17,19,25H,18H2,1-2H3. The van der Waals surface area contributed by atoms with Gasteiger partial charge in [0.1, 0.15) is 0 Å². The van der Waals surface area contributed by atoms with Gasteiger partial charge in [-0.2, -0.15) is 0 Å². The minimum Gasteiger partial charge on any atom is -0.419 e. The number of fused-ring (bicyclic) bond motifs is 2. The molecule has 0 aromatic heterocycles. The number of carbonyl (C=O) groups excluding carboxylic acids is 2. The maximum Gasteiger partial charge on any atom is 0.343 e. The summed E-state index contributed by atoms with van der Waals surface area (Å²) in [5, 5.41) is 0. The summed E-state index contributed by atoms with van der Waals surface area (Å²) in [5.41, 5.74) is 6.27. The first-order valence-corrected chi connectivity index (χ1v) is 12.1. The van der Waals surface area contributed by atoms with Gasteiger partial charge in [0.25, 0.3) is 0 Å². The average molecular weight is 476 g/mol. The van der Waals surface area contributed by atoms with Gasteiger partial charge >= 0.3 is 11.9 Å². The first-order valence-electron chi connectivity index (χ1n) is 12.1. The van der Waals surface area contributed by atoms with Crippen LogP contribution in [0.3, 0.4) is 0 Å². The summed E-state index contributed by atoms with van der Waals surface area (Å²) in [6, 6.07) is 28.2. The second-order valence-electron chi connectivity index (χ2n) is 9.31. The molecule has 4 aromatic carbocycles. The number of hydrogen-bond acceptors (Lipinski definition) is 5. The van der Waals surface area contributed by atoms with Crippen LogP contribution in [0.25, 0.3) is 11.1 Å². The zero-order chi connectivity index (χ0) is 24.8. The molecule has 178 valence electrons. The highest BCUT2D eigenvalue weighted by atomic mass is 16.6. The van der Waals surface area contributed by atoms with E-state index in [1.54, 1.807) is 54.6 Å². The number of esters is 2. The van der Waals surface area contributed by atoms with Crippen LogP contribution in [0.5, 0.6) is 11.5 Å². The fourth-order valence-electron chi connectivity index (χ4n) is 5.39. The van der Waals surface area contributed by atoms with Crippen molar-refractivity contribution in [3.8, 4) is 22.6 Å². The maximum absolute atomic E-state index is 13.2. The summed E-state index contributed by atoms with van der Waals surface area (Å²) in [7, 11) is 2.15. The van der Waals surface area contributed by atoms with Crippen LogP contribution in [-0.2, 0) is 6.42 Å². The fourth-order valence-corrected chi connectivity index (χ4v) is 5.39. The van der Waals surface area contributed by atoms with Crippen LogP contribution in [0.1, 0.15) is 56.4 Å². The van der Waals surface area contributed by atoms with Gasteiger partial charge in [-0.3, -0.25) is 4.90 Å². The number of hydrogen-bond donors (Lipinski definition) is 0. The monoisotopic (exact) mass is 475 g/mol. The number of ether oxygens (including phenoxy) is 2. The molecular weight excluding hydrogens is 450 g/mol. The summed E-state index contributed by atoms with van der Waals surface area (Å²) in [4.78, 5) is 28.6. The molecule has 0 saturated heterocycles. The minimum atomic E-state index is -0.507. The molecule has 5 nitrogen and oxygen atoms in total. The normalized spacial score (nSPS) is 17.7. The Kier molecular flexibility index (Phi) is 5.42. The molecule has 2 aliphatic rings. The SMILES string of the molecule is CC1c2cccc3c2C(Cc2ccc(OC(=O)c4ccccc4)c(OC(=O)c4ccccc4)c2-3)N1C. The summed E-state index contributed by atoms with van der Waals surface area (Å²) < 4.78 is 11.9. The third-order valence-electron chi connectivity index (χ3n) is 7.33. The number of likely N-dealkylation sites (N-methyl/N-ethyl adjacent to an activating group) is 1. The molecule has 1 heterocycles. The van der Waals surface area contributed by atoms with Crippen molar-refractivity contribution in [2.45, 2.75) is 25.4 Å². The molecule has 0 fully saturated rings. The van der Waals surface area contributed by atoms with E-state index in [4.69, 9.17) is 9.47 Å². The Morgan fingerprint density at radius 1 is 0.778 bits per heavy atom. The minimum absolute atomic E-state index is 0.224. The van der Waals surface area contributed by atoms with Gasteiger partial charge in [-0.1, -0.05) is 60.7 Å². The van der Waals surface area contributed by atoms with E-state index in [-0.39, 0.29) is 23.6 Å². The van der Waals surface area contributed by atoms with Crippen LogP contribution in [0, 0.1) is 0 Å². The number of nitrogens with zero attached hydrogens (tertiary/aromatic N) is 1. The summed E-state index contributed by atoms with van der Waals surface area (Å²) >= 11 is 0. The zero-order valence-corrected chi connectivity index (χ0v) is 20.1. The van der Waals surface area contributed by atoms with E-state index in [0.29, 0.717) is 11.1 Å². The van der Waals surface area contributed by atoms with Gasteiger partial charge in [0, 0.05) is 17.6 Å². The van der Waals surface area contributed by atoms with Gasteiger partial charge in [-0.25, -0.2) is 9.59 Å². The first kappa shape index (κ1) is 22.3. The van der Waals surface area contributed by atoms with E-state index >= 15 is 0 Å². The van der Waals surface area contributed by atoms with Gasteiger partial charge in [-0.05, 0) is 73.0 Å². The first-order chi connectivity index (χ1) is 17.5. The van der Waals surface area contributed by atoms with Crippen LogP contribution < -0.4 is 9.47 Å². The lowest BCUT2D eigenvalue weighted by molar-refractivity contribution is 0.0683. The molecule has 5 heteroatoms. The van der Waals surface area contributed by atoms with Gasteiger partial charge in [0.15, 0.2) is 11.5 Å². The summed E-state index contributed by atoms with van der Waals surface area (Å²) in [6.07, 6.45) is 0.781. The largest absolute Gasteiger partial charge is 0.419 e. The van der Waals surface area contributed by atoms with E-state index in [0.717, 1.165) is 23.1 Å². The molecule has 1 aliphatic carbocycles. The van der Waals surface area contributed by atoms with Gasteiger partial charge in [0.05, 0.1) is 11.1 Å². The van der Waals surface area contributed by atoms with E-state index in [2.05, 4.69) is 31.0 Å². The molecule has 0 spiro atoms. The average Bonchev–Trinajstić information content (AvgIpc) is 3.16. The molecule has 0 amide bonds. The number of carbonyl (C=O) groups is 2. The molecule has 0 N–H and O–H groups in total. The van der Waals surface area contributed by atoms with Crippen molar-refractivity contribution >= 4 is 11.9 Å². The van der Waals surface area contributed by atoms with Crippen LogP contribution in [-0.4, -0.2) is 23.9 Å². The predicted octanol–water partition coefficient (Wildman–Crippen LogP) is 6.40. The van der Waals surface area contributed by atoms with Crippen molar-refractivity contribution in [3.63, 3.8) is 0 Å². The Morgan fingerprint density at radius 2 is 1.42 bits per heavy atom. The fraction of sp³-hybridized carbons (Fsp3) is 0.161. The maximum atomic E-state index is 13.2. The quantitative estimate of drug-likeness (QED) is 0.253. The molecular formula is C31H25NO4. The molecule has 0 radical (unpaired) electrons. The van der Waals surface area contributed by atoms with E-state index in [9.17, 15) is 9.59 Å². The Labute approximate surface area is 209 Å². The molecule has 2 unspecified atom stereocenters. The van der Waals surface area contributed by atoms with Crippen molar-refractivity contribution < 1.29 is 19.1 Å². The highest BCUT2D eigenvalue weighted by Crippen LogP contribution is 2.54. The van der Waals surface area contributed by atoms with Crippen LogP contribution >= 0.6 is 0 Å². The molecule has 2 atom stereocenters. The Hall–Kier alpha value is -4.22. The third kappa shape index (κ3) is 3.60. The highest BCUT2D eigenvalue weighted by Gasteiger charge is 2.40. The molecule has 0 saturated carbocycles. The van der Waals surface area contributed by atoms with E-state index < -0.39 is 11.9 Å². The second-order valence-corrected chi connectivity index (χ2v) is 9.31. The van der Waals surface area contributed by atoms with E-state index in [1.165, 1.54) is 11.1 Å². The lowest BCUT2D eigenvalue weighted by Gasteiger charge is -2.30. The van der Waals surface area contributed by atoms with Crippen LogP contribution in [0.4, 0.5) is 0 Å². The molecule has 1 aliphatic heterocycles. The van der Waals surface area contributed by atoms with Crippen LogP contribution in [0.15, 0.2) is 91.0 Å². The molecule has 0 bridgehead atoms. The Bertz CT molecular complexity index is 1480. The van der Waals surface area contributed by atoms with Crippen molar-refractivity contribution in [2.24, 2.45) is 0 Å². The van der Waals surface area contributed by atoms with Crippen molar-refractivity contribution in [1.29, 1.82) is 0 Å². The van der Waals surface area contributed by atoms with E-state index in [1.807, 2.05) is 24.3 Å². The van der Waals surface area contributed by atoms with Crippen molar-refractivity contribution in [2.75, 3.05) is 7.05 Å².